The molecule has 4 N–H and O–H groups in total. The Kier molecular flexibility index (Phi) is 3.16. The molecule has 0 atom stereocenters. The lowest BCUT2D eigenvalue weighted by Gasteiger charge is -2.08. The molecule has 3 aromatic rings. The zero-order chi connectivity index (χ0) is 14.8. The van der Waals surface area contributed by atoms with E-state index in [1.54, 1.807) is 24.3 Å². The molecule has 2 aromatic carbocycles. The van der Waals surface area contributed by atoms with E-state index in [1.165, 1.54) is 12.1 Å². The molecule has 1 heterocycles. The first kappa shape index (κ1) is 12.9. The summed E-state index contributed by atoms with van der Waals surface area (Å²) in [4.78, 5) is 16.5. The second kappa shape index (κ2) is 5.13. The summed E-state index contributed by atoms with van der Waals surface area (Å²) in [7, 11) is 0. The molecule has 0 aliphatic carbocycles. The molecule has 0 aliphatic heterocycles. The maximum Gasteiger partial charge on any atom is 0.274 e. The van der Waals surface area contributed by atoms with Gasteiger partial charge in [0.1, 0.15) is 11.4 Å². The van der Waals surface area contributed by atoms with E-state index in [0.717, 1.165) is 5.39 Å². The third-order valence-corrected chi connectivity index (χ3v) is 3.13. The van der Waals surface area contributed by atoms with Crippen LogP contribution in [0.25, 0.3) is 10.9 Å². The number of nitrogen functional groups attached to an aromatic ring is 1. The zero-order valence-electron chi connectivity index (χ0n) is 11.1. The van der Waals surface area contributed by atoms with E-state index in [9.17, 15) is 9.90 Å². The number of nitrogens with zero attached hydrogens (tertiary/aromatic N) is 1. The lowest BCUT2D eigenvalue weighted by Crippen LogP contribution is -2.14. The van der Waals surface area contributed by atoms with Crippen LogP contribution >= 0.6 is 0 Å². The summed E-state index contributed by atoms with van der Waals surface area (Å²) in [5, 5.41) is 13.1. The van der Waals surface area contributed by atoms with Gasteiger partial charge >= 0.3 is 0 Å². The van der Waals surface area contributed by atoms with Crippen LogP contribution in [0.2, 0.25) is 0 Å². The van der Waals surface area contributed by atoms with Crippen molar-refractivity contribution in [3.8, 4) is 5.75 Å². The second-order valence-corrected chi connectivity index (χ2v) is 4.59. The van der Waals surface area contributed by atoms with Crippen LogP contribution in [-0.2, 0) is 0 Å². The lowest BCUT2D eigenvalue weighted by atomic mass is 10.1. The summed E-state index contributed by atoms with van der Waals surface area (Å²) >= 11 is 0. The van der Waals surface area contributed by atoms with Gasteiger partial charge in [-0.25, -0.2) is 4.98 Å². The molecule has 21 heavy (non-hydrogen) atoms. The number of aromatic nitrogens is 1. The number of phenolic OH excluding ortho intramolecular Hbond substituents is 1. The first-order chi connectivity index (χ1) is 10.1. The van der Waals surface area contributed by atoms with E-state index in [1.807, 2.05) is 18.2 Å². The first-order valence-electron chi connectivity index (χ1n) is 6.40. The largest absolute Gasteiger partial charge is 0.506 e. The first-order valence-corrected chi connectivity index (χ1v) is 6.40. The zero-order valence-corrected chi connectivity index (χ0v) is 11.1. The van der Waals surface area contributed by atoms with Crippen molar-refractivity contribution >= 4 is 28.2 Å². The van der Waals surface area contributed by atoms with Crippen LogP contribution in [0.5, 0.6) is 5.75 Å². The maximum atomic E-state index is 12.2. The van der Waals surface area contributed by atoms with Crippen molar-refractivity contribution in [2.75, 3.05) is 11.1 Å². The van der Waals surface area contributed by atoms with Crippen LogP contribution in [0.1, 0.15) is 10.5 Å². The molecule has 5 nitrogen and oxygen atoms in total. The standard InChI is InChI=1S/C16H13N3O2/c17-11-9-14(18-12-6-2-1-5-10(11)12)16(21)19-13-7-3-4-8-15(13)20/h1-9,20H,(H2,17,18)(H,19,21). The predicted octanol–water partition coefficient (Wildman–Crippen LogP) is 2.77. The Bertz CT molecular complexity index is 831. The average Bonchev–Trinajstić information content (AvgIpc) is 2.49. The minimum absolute atomic E-state index is 0.000360. The summed E-state index contributed by atoms with van der Waals surface area (Å²) in [5.74, 6) is -0.423. The molecule has 0 unspecified atom stereocenters. The molecule has 0 radical (unpaired) electrons. The van der Waals surface area contributed by atoms with E-state index < -0.39 is 5.91 Å². The fraction of sp³-hybridized carbons (Fsp3) is 0. The highest BCUT2D eigenvalue weighted by atomic mass is 16.3. The number of hydrogen-bond acceptors (Lipinski definition) is 4. The van der Waals surface area contributed by atoms with Crippen molar-refractivity contribution < 1.29 is 9.90 Å². The van der Waals surface area contributed by atoms with Crippen molar-refractivity contribution in [1.29, 1.82) is 0 Å². The van der Waals surface area contributed by atoms with Crippen LogP contribution < -0.4 is 11.1 Å². The molecule has 5 heteroatoms. The van der Waals surface area contributed by atoms with E-state index in [0.29, 0.717) is 16.9 Å². The van der Waals surface area contributed by atoms with Gasteiger partial charge in [-0.15, -0.1) is 0 Å². The van der Waals surface area contributed by atoms with E-state index in [2.05, 4.69) is 10.3 Å². The molecule has 1 amide bonds. The quantitative estimate of drug-likeness (QED) is 0.629. The van der Waals surface area contributed by atoms with Gasteiger partial charge in [0.15, 0.2) is 0 Å². The number of aromatic hydroxyl groups is 1. The molecule has 0 bridgehead atoms. The van der Waals surface area contributed by atoms with Gasteiger partial charge in [0.05, 0.1) is 11.2 Å². The molecular formula is C16H13N3O2. The number of nitrogens with one attached hydrogen (secondary N) is 1. The van der Waals surface area contributed by atoms with Crippen LogP contribution in [0.15, 0.2) is 54.6 Å². The fourth-order valence-corrected chi connectivity index (χ4v) is 2.08. The number of rotatable bonds is 2. The van der Waals surface area contributed by atoms with Gasteiger partial charge in [-0.1, -0.05) is 30.3 Å². The molecule has 0 saturated heterocycles. The Balaban J connectivity index is 1.97. The number of carbonyl (C=O) groups excluding carboxylic acids is 1. The number of anilines is 2. The Hall–Kier alpha value is -3.08. The van der Waals surface area contributed by atoms with Crippen LogP contribution in [0, 0.1) is 0 Å². The second-order valence-electron chi connectivity index (χ2n) is 4.59. The number of nitrogens with two attached hydrogens (primary N) is 1. The summed E-state index contributed by atoms with van der Waals surface area (Å²) in [6.07, 6.45) is 0. The topological polar surface area (TPSA) is 88.2 Å². The average molecular weight is 279 g/mol. The highest BCUT2D eigenvalue weighted by molar-refractivity contribution is 6.06. The Morgan fingerprint density at radius 3 is 2.62 bits per heavy atom. The Morgan fingerprint density at radius 1 is 1.10 bits per heavy atom. The SMILES string of the molecule is Nc1cc(C(=O)Nc2ccccc2O)nc2ccccc12. The molecule has 104 valence electrons. The Labute approximate surface area is 121 Å². The lowest BCUT2D eigenvalue weighted by molar-refractivity contribution is 0.102. The van der Waals surface area contributed by atoms with Crippen molar-refractivity contribution in [1.82, 2.24) is 4.98 Å². The number of para-hydroxylation sites is 3. The molecule has 0 spiro atoms. The van der Waals surface area contributed by atoms with E-state index in [4.69, 9.17) is 5.73 Å². The number of hydrogen-bond donors (Lipinski definition) is 3. The molecule has 0 saturated carbocycles. The fourth-order valence-electron chi connectivity index (χ4n) is 2.08. The smallest absolute Gasteiger partial charge is 0.274 e. The number of amides is 1. The van der Waals surface area contributed by atoms with Crippen molar-refractivity contribution in [2.45, 2.75) is 0 Å². The Morgan fingerprint density at radius 2 is 1.81 bits per heavy atom. The molecule has 1 aromatic heterocycles. The van der Waals surface area contributed by atoms with Gasteiger partial charge in [0, 0.05) is 11.1 Å². The van der Waals surface area contributed by atoms with Gasteiger partial charge in [-0.2, -0.15) is 0 Å². The highest BCUT2D eigenvalue weighted by Gasteiger charge is 2.12. The molecular weight excluding hydrogens is 266 g/mol. The van der Waals surface area contributed by atoms with Crippen LogP contribution in [0.3, 0.4) is 0 Å². The molecule has 0 fully saturated rings. The summed E-state index contributed by atoms with van der Waals surface area (Å²) in [5.41, 5.74) is 7.62. The minimum atomic E-state index is -0.422. The molecule has 0 aliphatic rings. The van der Waals surface area contributed by atoms with Crippen molar-refractivity contribution in [3.63, 3.8) is 0 Å². The molecule has 3 rings (SSSR count). The number of carbonyl (C=O) groups is 1. The number of phenols is 1. The number of pyridine rings is 1. The van der Waals surface area contributed by atoms with Crippen molar-refractivity contribution in [3.05, 3.63) is 60.3 Å². The van der Waals surface area contributed by atoms with E-state index >= 15 is 0 Å². The monoisotopic (exact) mass is 279 g/mol. The predicted molar refractivity (Wildman–Crippen MR) is 82.2 cm³/mol. The maximum absolute atomic E-state index is 12.2. The van der Waals surface area contributed by atoms with Gasteiger partial charge in [-0.05, 0) is 24.3 Å². The van der Waals surface area contributed by atoms with Crippen LogP contribution in [0.4, 0.5) is 11.4 Å². The number of fused-ring (bicyclic) bond motifs is 1. The third kappa shape index (κ3) is 2.49. The van der Waals surface area contributed by atoms with Gasteiger partial charge in [0.25, 0.3) is 5.91 Å². The van der Waals surface area contributed by atoms with E-state index in [-0.39, 0.29) is 11.4 Å². The highest BCUT2D eigenvalue weighted by Crippen LogP contribution is 2.24. The normalized spacial score (nSPS) is 10.5. The van der Waals surface area contributed by atoms with Crippen molar-refractivity contribution in [2.24, 2.45) is 0 Å². The third-order valence-electron chi connectivity index (χ3n) is 3.13. The summed E-state index contributed by atoms with van der Waals surface area (Å²) < 4.78 is 0. The number of benzene rings is 2. The van der Waals surface area contributed by atoms with Gasteiger partial charge in [-0.3, -0.25) is 4.79 Å². The minimum Gasteiger partial charge on any atom is -0.506 e. The van der Waals surface area contributed by atoms with Crippen LogP contribution in [-0.4, -0.2) is 16.0 Å². The van der Waals surface area contributed by atoms with Gasteiger partial charge in [0.2, 0.25) is 0 Å². The van der Waals surface area contributed by atoms with Gasteiger partial charge < -0.3 is 16.2 Å². The summed E-state index contributed by atoms with van der Waals surface area (Å²) in [6.45, 7) is 0. The summed E-state index contributed by atoms with van der Waals surface area (Å²) in [6, 6.07) is 15.4.